The largest absolute Gasteiger partial charge is 0.444 e. The summed E-state index contributed by atoms with van der Waals surface area (Å²) in [6.45, 7) is 17.2. The zero-order valence-corrected chi connectivity index (χ0v) is 20.1. The van der Waals surface area contributed by atoms with Gasteiger partial charge in [0.05, 0.1) is 19.0 Å². The molecule has 1 aliphatic rings. The number of piperidine rings is 1. The van der Waals surface area contributed by atoms with Crippen LogP contribution in [0.15, 0.2) is 0 Å². The van der Waals surface area contributed by atoms with E-state index in [2.05, 4.69) is 33.9 Å². The Kier molecular flexibility index (Phi) is 7.58. The minimum absolute atomic E-state index is 0.00256. The summed E-state index contributed by atoms with van der Waals surface area (Å²) in [5.41, 5.74) is -0.579. The second-order valence-corrected chi connectivity index (χ2v) is 16.3. The number of carbonyl (C=O) groups excluding carboxylic acids is 1. The van der Waals surface area contributed by atoms with Crippen LogP contribution in [0.5, 0.6) is 0 Å². The van der Waals surface area contributed by atoms with Crippen molar-refractivity contribution in [2.45, 2.75) is 77.8 Å². The van der Waals surface area contributed by atoms with Crippen LogP contribution in [0.4, 0.5) is 4.79 Å². The molecular weight excluding hydrogens is 386 g/mol. The molecule has 27 heavy (non-hydrogen) atoms. The molecule has 1 saturated heterocycles. The average molecular weight is 424 g/mol. The van der Waals surface area contributed by atoms with Gasteiger partial charge in [-0.3, -0.25) is 4.18 Å². The van der Waals surface area contributed by atoms with Crippen molar-refractivity contribution in [3.05, 3.63) is 0 Å². The van der Waals surface area contributed by atoms with Gasteiger partial charge in [0.25, 0.3) is 10.1 Å². The average Bonchev–Trinajstić information content (AvgIpc) is 2.41. The van der Waals surface area contributed by atoms with Gasteiger partial charge in [-0.25, -0.2) is 4.79 Å². The molecule has 0 aliphatic carbocycles. The van der Waals surface area contributed by atoms with E-state index in [-0.39, 0.29) is 23.7 Å². The Morgan fingerprint density at radius 1 is 1.15 bits per heavy atom. The molecule has 1 heterocycles. The van der Waals surface area contributed by atoms with Crippen molar-refractivity contribution in [1.29, 1.82) is 0 Å². The van der Waals surface area contributed by atoms with Crippen molar-refractivity contribution in [2.24, 2.45) is 5.92 Å². The Morgan fingerprint density at radius 3 is 2.15 bits per heavy atom. The normalized spacial score (nSPS) is 22.6. The van der Waals surface area contributed by atoms with E-state index in [1.807, 2.05) is 20.8 Å². The first-order valence-electron chi connectivity index (χ1n) is 9.41. The second kappa shape index (κ2) is 8.38. The highest BCUT2D eigenvalue weighted by Gasteiger charge is 2.43. The number of ether oxygens (including phenoxy) is 1. The van der Waals surface area contributed by atoms with Gasteiger partial charge in [0, 0.05) is 19.0 Å². The molecule has 1 aliphatic heterocycles. The van der Waals surface area contributed by atoms with Crippen LogP contribution in [-0.2, 0) is 23.5 Å². The molecule has 0 aromatic carbocycles. The van der Waals surface area contributed by atoms with Gasteiger partial charge in [-0.15, -0.1) is 0 Å². The molecule has 1 rings (SSSR count). The minimum Gasteiger partial charge on any atom is -0.444 e. The number of amides is 1. The quantitative estimate of drug-likeness (QED) is 0.496. The van der Waals surface area contributed by atoms with Gasteiger partial charge < -0.3 is 14.1 Å². The van der Waals surface area contributed by atoms with Crippen molar-refractivity contribution in [3.8, 4) is 0 Å². The molecule has 2 atom stereocenters. The number of rotatable bonds is 5. The SMILES string of the molecule is CC(C)(C)OC(=O)N1CCC(O[Si](C)(C)C(C)(C)C)C(COS(C)(=O)=O)C1. The molecule has 1 amide bonds. The summed E-state index contributed by atoms with van der Waals surface area (Å²) in [5, 5.41) is 0.0392. The van der Waals surface area contributed by atoms with Crippen molar-refractivity contribution >= 4 is 24.5 Å². The van der Waals surface area contributed by atoms with Gasteiger partial charge in [-0.05, 0) is 45.3 Å². The molecule has 1 fully saturated rings. The number of likely N-dealkylation sites (tertiary alicyclic amines) is 1. The van der Waals surface area contributed by atoms with Crippen LogP contribution in [0.3, 0.4) is 0 Å². The lowest BCUT2D eigenvalue weighted by Gasteiger charge is -2.45. The van der Waals surface area contributed by atoms with Crippen LogP contribution in [0.25, 0.3) is 0 Å². The summed E-state index contributed by atoms with van der Waals surface area (Å²) in [5.74, 6) is -0.227. The van der Waals surface area contributed by atoms with Gasteiger partial charge in [0.1, 0.15) is 5.60 Å². The predicted octanol–water partition coefficient (Wildman–Crippen LogP) is 3.61. The monoisotopic (exact) mass is 423 g/mol. The third-order valence-electron chi connectivity index (χ3n) is 5.06. The fourth-order valence-electron chi connectivity index (χ4n) is 2.58. The highest BCUT2D eigenvalue weighted by atomic mass is 32.2. The highest BCUT2D eigenvalue weighted by molar-refractivity contribution is 7.85. The fraction of sp³-hybridized carbons (Fsp3) is 0.944. The summed E-state index contributed by atoms with van der Waals surface area (Å²) in [7, 11) is -5.60. The fourth-order valence-corrected chi connectivity index (χ4v) is 4.43. The van der Waals surface area contributed by atoms with E-state index in [0.717, 1.165) is 6.26 Å². The zero-order chi connectivity index (χ0) is 21.3. The lowest BCUT2D eigenvalue weighted by Crippen LogP contribution is -2.54. The van der Waals surface area contributed by atoms with E-state index >= 15 is 0 Å². The minimum atomic E-state index is -3.56. The molecule has 0 bridgehead atoms. The van der Waals surface area contributed by atoms with E-state index in [1.54, 1.807) is 4.90 Å². The molecule has 0 aromatic heterocycles. The van der Waals surface area contributed by atoms with Crippen molar-refractivity contribution in [3.63, 3.8) is 0 Å². The first-order valence-corrected chi connectivity index (χ1v) is 14.1. The van der Waals surface area contributed by atoms with E-state index in [1.165, 1.54) is 0 Å². The van der Waals surface area contributed by atoms with Gasteiger partial charge in [0.2, 0.25) is 0 Å². The maximum Gasteiger partial charge on any atom is 0.410 e. The summed E-state index contributed by atoms with van der Waals surface area (Å²) in [4.78, 5) is 14.0. The smallest absolute Gasteiger partial charge is 0.410 e. The number of carbonyl (C=O) groups is 1. The van der Waals surface area contributed by atoms with Crippen LogP contribution in [0.1, 0.15) is 48.0 Å². The van der Waals surface area contributed by atoms with Crippen molar-refractivity contribution < 1.29 is 26.6 Å². The Hall–Kier alpha value is -0.643. The molecule has 0 N–H and O–H groups in total. The van der Waals surface area contributed by atoms with Gasteiger partial charge in [-0.2, -0.15) is 8.42 Å². The van der Waals surface area contributed by atoms with Crippen molar-refractivity contribution in [2.75, 3.05) is 26.0 Å². The Bertz CT molecular complexity index is 621. The third kappa shape index (κ3) is 8.09. The van der Waals surface area contributed by atoms with E-state index in [4.69, 9.17) is 13.3 Å². The summed E-state index contributed by atoms with van der Waals surface area (Å²) >= 11 is 0. The molecule has 0 spiro atoms. The number of hydrogen-bond acceptors (Lipinski definition) is 6. The molecule has 0 radical (unpaired) electrons. The second-order valence-electron chi connectivity index (χ2n) is 9.88. The number of nitrogens with zero attached hydrogens (tertiary/aromatic N) is 1. The van der Waals surface area contributed by atoms with E-state index < -0.39 is 30.1 Å². The molecule has 2 unspecified atom stereocenters. The van der Waals surface area contributed by atoms with Crippen molar-refractivity contribution in [1.82, 2.24) is 4.90 Å². The van der Waals surface area contributed by atoms with E-state index in [0.29, 0.717) is 19.5 Å². The third-order valence-corrected chi connectivity index (χ3v) is 10.1. The maximum absolute atomic E-state index is 12.4. The van der Waals surface area contributed by atoms with Crippen LogP contribution < -0.4 is 0 Å². The summed E-state index contributed by atoms with van der Waals surface area (Å²) in [6, 6.07) is 0. The lowest BCUT2D eigenvalue weighted by atomic mass is 9.96. The summed E-state index contributed by atoms with van der Waals surface area (Å²) in [6.07, 6.45) is 1.12. The summed E-state index contributed by atoms with van der Waals surface area (Å²) < 4.78 is 40.0. The van der Waals surface area contributed by atoms with Gasteiger partial charge in [0.15, 0.2) is 8.32 Å². The standard InChI is InChI=1S/C18H37NO6SSi/c1-17(2,3)24-16(20)19-11-10-15(25-27(8,9)18(4,5)6)14(12-19)13-23-26(7,21)22/h14-15H,10-13H2,1-9H3. The number of hydrogen-bond donors (Lipinski definition) is 0. The zero-order valence-electron chi connectivity index (χ0n) is 18.3. The first-order chi connectivity index (χ1) is 11.9. The Labute approximate surface area is 166 Å². The van der Waals surface area contributed by atoms with Crippen LogP contribution >= 0.6 is 0 Å². The van der Waals surface area contributed by atoms with Crippen LogP contribution in [0, 0.1) is 5.92 Å². The molecular formula is C18H37NO6SSi. The Balaban J connectivity index is 2.93. The van der Waals surface area contributed by atoms with Crippen LogP contribution in [0.2, 0.25) is 18.1 Å². The molecule has 160 valence electrons. The highest BCUT2D eigenvalue weighted by Crippen LogP contribution is 2.39. The first kappa shape index (κ1) is 24.4. The molecule has 7 nitrogen and oxygen atoms in total. The topological polar surface area (TPSA) is 82.1 Å². The molecule has 0 aromatic rings. The lowest BCUT2D eigenvalue weighted by molar-refractivity contribution is -0.0132. The van der Waals surface area contributed by atoms with E-state index in [9.17, 15) is 13.2 Å². The Morgan fingerprint density at radius 2 is 1.70 bits per heavy atom. The predicted molar refractivity (Wildman–Crippen MR) is 109 cm³/mol. The molecule has 0 saturated carbocycles. The molecule has 9 heteroatoms. The maximum atomic E-state index is 12.4. The van der Waals surface area contributed by atoms with Crippen LogP contribution in [-0.4, -0.2) is 65.4 Å². The van der Waals surface area contributed by atoms with Gasteiger partial charge in [-0.1, -0.05) is 20.8 Å². The van der Waals surface area contributed by atoms with Gasteiger partial charge >= 0.3 is 6.09 Å².